The molecule has 73 heavy (non-hydrogen) atoms. The number of rotatable bonds is 18. The van der Waals surface area contributed by atoms with Gasteiger partial charge in [0.1, 0.15) is 9.16 Å². The molecule has 8 aliphatic rings. The van der Waals surface area contributed by atoms with Gasteiger partial charge in [-0.2, -0.15) is 0 Å². The van der Waals surface area contributed by atoms with Gasteiger partial charge in [0, 0.05) is 12.2 Å². The predicted octanol–water partition coefficient (Wildman–Crippen LogP) is 19.5. The third kappa shape index (κ3) is 11.2. The molecule has 0 aliphatic heterocycles. The second-order valence-electron chi connectivity index (χ2n) is 32.1. The fourth-order valence-corrected chi connectivity index (χ4v) is 28.5. The van der Waals surface area contributed by atoms with Crippen molar-refractivity contribution in [3.8, 4) is 0 Å². The molecule has 0 aromatic carbocycles. The average Bonchev–Trinajstić information content (AvgIpc) is 3.85. The highest BCUT2D eigenvalue weighted by Crippen LogP contribution is 2.71. The lowest BCUT2D eigenvalue weighted by Gasteiger charge is -2.61. The Balaban J connectivity index is 0.792. The molecule has 0 amide bonds. The Kier molecular flexibility index (Phi) is 18.2. The zero-order valence-electron chi connectivity index (χ0n) is 51.1. The number of hydrogen-bond donors (Lipinski definition) is 0. The first-order valence-corrected chi connectivity index (χ1v) is 41.5. The molecule has 0 spiro atoms. The van der Waals surface area contributed by atoms with Gasteiger partial charge < -0.3 is 8.85 Å². The molecule has 0 saturated heterocycles. The summed E-state index contributed by atoms with van der Waals surface area (Å²) >= 11 is 3.25. The van der Waals surface area contributed by atoms with Gasteiger partial charge in [-0.25, -0.2) is 8.42 Å². The first-order chi connectivity index (χ1) is 33.9. The largest absolute Gasteiger partial charge is 0.414 e. The van der Waals surface area contributed by atoms with E-state index in [9.17, 15) is 8.42 Å². The minimum absolute atomic E-state index is 0.277. The van der Waals surface area contributed by atoms with Gasteiger partial charge in [0.2, 0.25) is 0 Å². The van der Waals surface area contributed by atoms with Crippen LogP contribution in [0.25, 0.3) is 0 Å². The van der Waals surface area contributed by atoms with Crippen molar-refractivity contribution in [2.45, 2.75) is 295 Å². The SMILES string of the molecule is CSC(CCC[C@@H](C)[C@H]1CC[C@H]2[C@@H]3CCC4C[C@H](O[Si](C)(C)C(C)(C)C)CC[C@]4(C)[C@H]3CC[C@]12C)S(=O)(=O)C(CCC[C@@H](C)[C@H]1CC[C@H]2[C@@H]3CCC4C[C@H](O[Si](C)(C)C(C)(C)C)CC[C@]4(C)[C@H]3CC[C@]12C)SC. The molecular formula is C64H118O4S3Si2. The van der Waals surface area contributed by atoms with E-state index in [0.29, 0.717) is 45.7 Å². The highest BCUT2D eigenvalue weighted by atomic mass is 32.3. The molecule has 0 aromatic rings. The Bertz CT molecular complexity index is 1850. The molecule has 8 aliphatic carbocycles. The van der Waals surface area contributed by atoms with Crippen molar-refractivity contribution in [3.05, 3.63) is 0 Å². The quantitative estimate of drug-likeness (QED) is 0.128. The zero-order chi connectivity index (χ0) is 53.5. The maximum Gasteiger partial charge on any atom is 0.192 e. The van der Waals surface area contributed by atoms with Gasteiger partial charge in [0.05, 0.1) is 0 Å². The molecular weight excluding hydrogens is 985 g/mol. The lowest BCUT2D eigenvalue weighted by molar-refractivity contribution is -0.127. The molecule has 424 valence electrons. The lowest BCUT2D eigenvalue weighted by Crippen LogP contribution is -2.55. The van der Waals surface area contributed by atoms with E-state index in [0.717, 1.165) is 84.9 Å². The second-order valence-corrected chi connectivity index (χ2v) is 46.6. The molecule has 0 radical (unpaired) electrons. The van der Waals surface area contributed by atoms with Gasteiger partial charge in [-0.3, -0.25) is 0 Å². The highest BCUT2D eigenvalue weighted by Gasteiger charge is 2.63. The summed E-state index contributed by atoms with van der Waals surface area (Å²) in [5.74, 6) is 9.91. The van der Waals surface area contributed by atoms with E-state index in [1.807, 2.05) is 0 Å². The third-order valence-electron chi connectivity index (χ3n) is 26.7. The molecule has 8 saturated carbocycles. The van der Waals surface area contributed by atoms with Crippen LogP contribution in [0.15, 0.2) is 0 Å². The van der Waals surface area contributed by atoms with E-state index in [1.165, 1.54) is 128 Å². The Hall–Kier alpha value is 1.00. The van der Waals surface area contributed by atoms with Gasteiger partial charge in [0.25, 0.3) is 0 Å². The Labute approximate surface area is 464 Å². The van der Waals surface area contributed by atoms with Gasteiger partial charge in [-0.1, -0.05) is 109 Å². The first-order valence-electron chi connectivity index (χ1n) is 31.5. The smallest absolute Gasteiger partial charge is 0.192 e. The van der Waals surface area contributed by atoms with Crippen LogP contribution >= 0.6 is 23.5 Å². The van der Waals surface area contributed by atoms with Crippen molar-refractivity contribution in [2.75, 3.05) is 12.5 Å². The molecule has 20 atom stereocenters. The highest BCUT2D eigenvalue weighted by molar-refractivity contribution is 8.20. The van der Waals surface area contributed by atoms with Crippen LogP contribution in [-0.2, 0) is 18.7 Å². The maximum absolute atomic E-state index is 14.5. The second kappa shape index (κ2) is 22.1. The van der Waals surface area contributed by atoms with Crippen molar-refractivity contribution in [3.63, 3.8) is 0 Å². The van der Waals surface area contributed by atoms with Gasteiger partial charge >= 0.3 is 0 Å². The van der Waals surface area contributed by atoms with Crippen molar-refractivity contribution in [2.24, 2.45) is 92.7 Å². The number of hydrogen-bond acceptors (Lipinski definition) is 6. The average molecular weight is 1100 g/mol. The monoisotopic (exact) mass is 1100 g/mol. The van der Waals surface area contributed by atoms with Crippen LogP contribution in [0.4, 0.5) is 0 Å². The van der Waals surface area contributed by atoms with Gasteiger partial charge in [-0.15, -0.1) is 23.5 Å². The number of fused-ring (bicyclic) bond motifs is 10. The van der Waals surface area contributed by atoms with Crippen molar-refractivity contribution >= 4 is 50.0 Å². The van der Waals surface area contributed by atoms with E-state index in [1.54, 1.807) is 23.5 Å². The van der Waals surface area contributed by atoms with Crippen LogP contribution in [0.3, 0.4) is 0 Å². The topological polar surface area (TPSA) is 52.6 Å². The summed E-state index contributed by atoms with van der Waals surface area (Å²) in [7, 11) is -6.76. The predicted molar refractivity (Wildman–Crippen MR) is 324 cm³/mol. The maximum atomic E-state index is 14.5. The molecule has 8 fully saturated rings. The molecule has 0 bridgehead atoms. The van der Waals surface area contributed by atoms with Crippen LogP contribution in [0.5, 0.6) is 0 Å². The normalized spacial score (nSPS) is 42.9. The van der Waals surface area contributed by atoms with Crippen LogP contribution in [0.1, 0.15) is 237 Å². The summed E-state index contributed by atoms with van der Waals surface area (Å²) in [5, 5.41) is 0.554. The molecule has 4 nitrogen and oxygen atoms in total. The third-order valence-corrected chi connectivity index (χ3v) is 42.0. The van der Waals surface area contributed by atoms with Crippen LogP contribution < -0.4 is 0 Å². The Morgan fingerprint density at radius 1 is 0.493 bits per heavy atom. The zero-order valence-corrected chi connectivity index (χ0v) is 55.5. The molecule has 0 heterocycles. The summed E-state index contributed by atoms with van der Waals surface area (Å²) in [6.07, 6.45) is 36.1. The van der Waals surface area contributed by atoms with E-state index in [2.05, 4.69) is 122 Å². The fourth-order valence-electron chi connectivity index (χ4n) is 20.4. The van der Waals surface area contributed by atoms with Crippen molar-refractivity contribution in [1.29, 1.82) is 0 Å². The number of sulfone groups is 1. The summed E-state index contributed by atoms with van der Waals surface area (Å²) in [4.78, 5) is 0. The van der Waals surface area contributed by atoms with E-state index in [-0.39, 0.29) is 19.2 Å². The van der Waals surface area contributed by atoms with Crippen molar-refractivity contribution in [1.82, 2.24) is 0 Å². The summed E-state index contributed by atoms with van der Waals surface area (Å²) in [5.41, 5.74) is 1.88. The Morgan fingerprint density at radius 2 is 0.836 bits per heavy atom. The molecule has 0 N–H and O–H groups in total. The molecule has 4 unspecified atom stereocenters. The first kappa shape index (κ1) is 60.1. The van der Waals surface area contributed by atoms with Crippen molar-refractivity contribution < 1.29 is 17.3 Å². The van der Waals surface area contributed by atoms with Crippen LogP contribution in [0.2, 0.25) is 36.3 Å². The van der Waals surface area contributed by atoms with E-state index < -0.39 is 26.5 Å². The number of thioether (sulfide) groups is 2. The summed E-state index contributed by atoms with van der Waals surface area (Å²) < 4.78 is 42.7. The minimum atomic E-state index is -3.24. The molecule has 9 heteroatoms. The fraction of sp³-hybridized carbons (Fsp3) is 1.00. The Morgan fingerprint density at radius 3 is 1.18 bits per heavy atom. The van der Waals surface area contributed by atoms with E-state index >= 15 is 0 Å². The molecule has 8 rings (SSSR count). The molecule has 0 aromatic heterocycles. The summed E-state index contributed by atoms with van der Waals surface area (Å²) in [6.45, 7) is 40.2. The minimum Gasteiger partial charge on any atom is -0.414 e. The van der Waals surface area contributed by atoms with E-state index in [4.69, 9.17) is 8.85 Å². The van der Waals surface area contributed by atoms with Gasteiger partial charge in [-0.05, 0) is 270 Å². The standard InChI is InChI=1S/C64H118O4S3Si2/c1-43(51-29-31-53-49-27-25-45-41-47(67-72(15,16)59(3,4)5)33-37-61(45,9)55(49)35-39-63(51,53)11)21-19-23-57(69-13)71(65,66)58(70-14)24-20-22-44(2)52-30-32-54-50-28-26-46-42-48(68-73(17,18)60(6,7)8)34-38-62(46,10)56(50)36-40-64(52,54)12/h43-58H,19-42H2,1-18H3/t43-,44-,45?,46?,47-,48-,49+,50+,51-,52-,53+,54+,55+,56+,57?,58?,61+,62+,63-,64-/m1/s1. The van der Waals surface area contributed by atoms with Gasteiger partial charge in [0.15, 0.2) is 26.5 Å². The summed E-state index contributed by atoms with van der Waals surface area (Å²) in [6, 6.07) is 0. The van der Waals surface area contributed by atoms with Crippen LogP contribution in [-0.4, -0.2) is 58.9 Å². The lowest BCUT2D eigenvalue weighted by atomic mass is 9.44. The van der Waals surface area contributed by atoms with Crippen LogP contribution in [0, 0.1) is 92.7 Å².